The van der Waals surface area contributed by atoms with Crippen molar-refractivity contribution in [2.75, 3.05) is 13.1 Å². The molecular formula is C20H33NO3Si. The first kappa shape index (κ1) is 20.3. The molecule has 0 amide bonds. The Hall–Kier alpha value is -1.01. The highest BCUT2D eigenvalue weighted by atomic mass is 28.4. The normalized spacial score (nSPS) is 22.7. The van der Waals surface area contributed by atoms with Crippen molar-refractivity contribution in [3.63, 3.8) is 0 Å². The van der Waals surface area contributed by atoms with Crippen molar-refractivity contribution in [2.24, 2.45) is 5.92 Å². The van der Waals surface area contributed by atoms with Gasteiger partial charge in [0.05, 0.1) is 5.92 Å². The van der Waals surface area contributed by atoms with Crippen LogP contribution in [-0.2, 0) is 15.8 Å². The highest BCUT2D eigenvalue weighted by molar-refractivity contribution is 6.74. The second-order valence-electron chi connectivity index (χ2n) is 8.91. The molecule has 0 spiro atoms. The number of ketones is 1. The van der Waals surface area contributed by atoms with Crippen LogP contribution in [0.3, 0.4) is 0 Å². The third-order valence-electron chi connectivity index (χ3n) is 5.67. The molecule has 1 heterocycles. The molecule has 0 aliphatic carbocycles. The van der Waals surface area contributed by atoms with E-state index in [1.165, 1.54) is 5.56 Å². The maximum atomic E-state index is 12.5. The fraction of sp³-hybridized carbons (Fsp3) is 0.650. The fourth-order valence-electron chi connectivity index (χ4n) is 3.09. The van der Waals surface area contributed by atoms with E-state index in [4.69, 9.17) is 4.43 Å². The van der Waals surface area contributed by atoms with Gasteiger partial charge in [-0.25, -0.2) is 0 Å². The molecule has 1 N–H and O–H groups in total. The van der Waals surface area contributed by atoms with Gasteiger partial charge in [0.15, 0.2) is 14.1 Å². The molecular weight excluding hydrogens is 330 g/mol. The lowest BCUT2D eigenvalue weighted by Crippen LogP contribution is -2.57. The minimum atomic E-state index is -2.17. The lowest BCUT2D eigenvalue weighted by atomic mass is 9.89. The molecule has 1 aliphatic heterocycles. The number of Topliss-reactive ketones (excluding diaryl/α,β-unsaturated/α-hetero) is 1. The van der Waals surface area contributed by atoms with E-state index in [2.05, 4.69) is 50.9 Å². The van der Waals surface area contributed by atoms with Crippen LogP contribution in [0.25, 0.3) is 0 Å². The summed E-state index contributed by atoms with van der Waals surface area (Å²) in [6, 6.07) is 10.2. The monoisotopic (exact) mass is 363 g/mol. The molecule has 25 heavy (non-hydrogen) atoms. The summed E-state index contributed by atoms with van der Waals surface area (Å²) in [6.07, 6.45) is 0.467. The van der Waals surface area contributed by atoms with E-state index in [1.807, 2.05) is 18.2 Å². The van der Waals surface area contributed by atoms with E-state index in [0.717, 1.165) is 13.1 Å². The lowest BCUT2D eigenvalue weighted by Gasteiger charge is -2.46. The highest BCUT2D eigenvalue weighted by Crippen LogP contribution is 2.41. The summed E-state index contributed by atoms with van der Waals surface area (Å²) in [5.41, 5.74) is 1.22. The molecule has 0 radical (unpaired) electrons. The van der Waals surface area contributed by atoms with Crippen molar-refractivity contribution in [3.05, 3.63) is 35.9 Å². The van der Waals surface area contributed by atoms with Gasteiger partial charge in [0.1, 0.15) is 5.78 Å². The Labute approximate surface area is 153 Å². The topological polar surface area (TPSA) is 49.8 Å². The molecule has 0 bridgehead atoms. The minimum absolute atomic E-state index is 0.0154. The SMILES string of the molecule is CC(O)(O[Si](C)(C)C(C)(C)C)C1CN(Cc2ccccc2)CCC1=O. The van der Waals surface area contributed by atoms with E-state index < -0.39 is 20.0 Å². The maximum absolute atomic E-state index is 12.5. The molecule has 1 aromatic carbocycles. The van der Waals surface area contributed by atoms with Gasteiger partial charge in [-0.15, -0.1) is 0 Å². The Morgan fingerprint density at radius 1 is 1.20 bits per heavy atom. The molecule has 2 atom stereocenters. The highest BCUT2D eigenvalue weighted by Gasteiger charge is 2.48. The number of nitrogens with zero attached hydrogens (tertiary/aromatic N) is 1. The summed E-state index contributed by atoms with van der Waals surface area (Å²) < 4.78 is 6.25. The molecule has 1 saturated heterocycles. The lowest BCUT2D eigenvalue weighted by molar-refractivity contribution is -0.187. The van der Waals surface area contributed by atoms with Gasteiger partial charge in [-0.1, -0.05) is 51.1 Å². The van der Waals surface area contributed by atoms with E-state index >= 15 is 0 Å². The fourth-order valence-corrected chi connectivity index (χ4v) is 4.57. The summed E-state index contributed by atoms with van der Waals surface area (Å²) in [5.74, 6) is -1.82. The third kappa shape index (κ3) is 5.00. The predicted octanol–water partition coefficient (Wildman–Crippen LogP) is 3.81. The van der Waals surface area contributed by atoms with Crippen LogP contribution in [0.15, 0.2) is 30.3 Å². The molecule has 1 fully saturated rings. The van der Waals surface area contributed by atoms with Crippen molar-refractivity contribution >= 4 is 14.1 Å². The van der Waals surface area contributed by atoms with Crippen molar-refractivity contribution in [1.29, 1.82) is 0 Å². The first-order valence-corrected chi connectivity index (χ1v) is 12.0. The average molecular weight is 364 g/mol. The van der Waals surface area contributed by atoms with Crippen LogP contribution < -0.4 is 0 Å². The number of benzene rings is 1. The average Bonchev–Trinajstić information content (AvgIpc) is 2.48. The molecule has 4 nitrogen and oxygen atoms in total. The number of aliphatic hydroxyl groups is 1. The number of carbonyl (C=O) groups excluding carboxylic acids is 1. The van der Waals surface area contributed by atoms with Crippen molar-refractivity contribution in [2.45, 2.75) is 64.6 Å². The van der Waals surface area contributed by atoms with Crippen LogP contribution >= 0.6 is 0 Å². The Bertz CT molecular complexity index is 593. The van der Waals surface area contributed by atoms with Crippen LogP contribution in [0.1, 0.15) is 39.7 Å². The predicted molar refractivity (Wildman–Crippen MR) is 104 cm³/mol. The van der Waals surface area contributed by atoms with E-state index in [0.29, 0.717) is 13.0 Å². The first-order chi connectivity index (χ1) is 11.4. The zero-order valence-corrected chi connectivity index (χ0v) is 17.5. The smallest absolute Gasteiger partial charge is 0.195 e. The number of hydrogen-bond acceptors (Lipinski definition) is 4. The summed E-state index contributed by atoms with van der Waals surface area (Å²) >= 11 is 0. The summed E-state index contributed by atoms with van der Waals surface area (Å²) in [5, 5.41) is 11.0. The van der Waals surface area contributed by atoms with Crippen molar-refractivity contribution < 1.29 is 14.3 Å². The first-order valence-electron chi connectivity index (χ1n) is 9.14. The van der Waals surface area contributed by atoms with Gasteiger partial charge < -0.3 is 9.53 Å². The second kappa shape index (κ2) is 7.31. The summed E-state index contributed by atoms with van der Waals surface area (Å²) in [4.78, 5) is 14.8. The van der Waals surface area contributed by atoms with Crippen molar-refractivity contribution in [1.82, 2.24) is 4.90 Å². The largest absolute Gasteiger partial charge is 0.390 e. The van der Waals surface area contributed by atoms with Gasteiger partial charge in [0, 0.05) is 26.1 Å². The number of likely N-dealkylation sites (tertiary alicyclic amines) is 1. The Kier molecular flexibility index (Phi) is 5.94. The molecule has 2 unspecified atom stereocenters. The number of piperidine rings is 1. The number of hydrogen-bond donors (Lipinski definition) is 1. The van der Waals surface area contributed by atoms with Gasteiger partial charge in [-0.2, -0.15) is 0 Å². The Morgan fingerprint density at radius 3 is 2.36 bits per heavy atom. The van der Waals surface area contributed by atoms with Gasteiger partial charge >= 0.3 is 0 Å². The Balaban J connectivity index is 2.11. The quantitative estimate of drug-likeness (QED) is 0.638. The van der Waals surface area contributed by atoms with Crippen LogP contribution in [-0.4, -0.2) is 43.0 Å². The van der Waals surface area contributed by atoms with E-state index in [9.17, 15) is 9.90 Å². The number of rotatable bonds is 5. The summed E-state index contributed by atoms with van der Waals surface area (Å²) in [7, 11) is -2.17. The molecule has 5 heteroatoms. The molecule has 0 aromatic heterocycles. The maximum Gasteiger partial charge on any atom is 0.195 e. The molecule has 0 saturated carbocycles. The third-order valence-corrected chi connectivity index (χ3v) is 10.2. The summed E-state index contributed by atoms with van der Waals surface area (Å²) in [6.45, 7) is 14.4. The second-order valence-corrected chi connectivity index (χ2v) is 13.6. The van der Waals surface area contributed by atoms with Crippen LogP contribution in [0.2, 0.25) is 18.1 Å². The molecule has 2 rings (SSSR count). The van der Waals surface area contributed by atoms with E-state index in [-0.39, 0.29) is 10.8 Å². The van der Waals surface area contributed by atoms with Crippen LogP contribution in [0.4, 0.5) is 0 Å². The van der Waals surface area contributed by atoms with Gasteiger partial charge in [-0.05, 0) is 30.6 Å². The van der Waals surface area contributed by atoms with Gasteiger partial charge in [0.2, 0.25) is 0 Å². The van der Waals surface area contributed by atoms with Crippen LogP contribution in [0, 0.1) is 5.92 Å². The minimum Gasteiger partial charge on any atom is -0.390 e. The molecule has 140 valence electrons. The zero-order chi connectivity index (χ0) is 18.9. The zero-order valence-electron chi connectivity index (χ0n) is 16.5. The molecule has 1 aliphatic rings. The standard InChI is InChI=1S/C20H33NO3Si/c1-19(2,3)25(5,6)24-20(4,23)17-15-21(13-12-18(17)22)14-16-10-8-7-9-11-16/h7-11,17,23H,12-15H2,1-6H3. The number of carbonyl (C=O) groups is 1. The van der Waals surface area contributed by atoms with Crippen molar-refractivity contribution in [3.8, 4) is 0 Å². The van der Waals surface area contributed by atoms with Gasteiger partial charge in [-0.3, -0.25) is 9.69 Å². The molecule has 1 aromatic rings. The van der Waals surface area contributed by atoms with Gasteiger partial charge in [0.25, 0.3) is 0 Å². The van der Waals surface area contributed by atoms with E-state index in [1.54, 1.807) is 6.92 Å². The Morgan fingerprint density at radius 2 is 1.80 bits per heavy atom. The van der Waals surface area contributed by atoms with Crippen LogP contribution in [0.5, 0.6) is 0 Å².